The molecule has 116 valence electrons. The van der Waals surface area contributed by atoms with Crippen molar-refractivity contribution in [2.45, 2.75) is 6.92 Å². The Labute approximate surface area is 131 Å². The zero-order valence-corrected chi connectivity index (χ0v) is 12.9. The van der Waals surface area contributed by atoms with E-state index in [-0.39, 0.29) is 5.91 Å². The average molecular weight is 319 g/mol. The minimum absolute atomic E-state index is 0.188. The fourth-order valence-corrected chi connectivity index (χ4v) is 2.51. The van der Waals surface area contributed by atoms with Crippen LogP contribution in [0.3, 0.4) is 0 Å². The second-order valence-electron chi connectivity index (χ2n) is 4.44. The Morgan fingerprint density at radius 2 is 1.59 bits per heavy atom. The van der Waals surface area contributed by atoms with Crippen LogP contribution in [0.2, 0.25) is 0 Å². The van der Waals surface area contributed by atoms with E-state index in [0.29, 0.717) is 22.8 Å². The summed E-state index contributed by atoms with van der Waals surface area (Å²) in [6, 6.07) is 13.2. The fourth-order valence-electron chi connectivity index (χ4n) is 1.92. The molecule has 1 atom stereocenters. The lowest BCUT2D eigenvalue weighted by molar-refractivity contribution is -0.114. The molecule has 0 aliphatic rings. The van der Waals surface area contributed by atoms with Crippen molar-refractivity contribution in [2.24, 2.45) is 0 Å². The van der Waals surface area contributed by atoms with E-state index in [4.69, 9.17) is 4.74 Å². The number of nitrogens with zero attached hydrogens (tertiary/aromatic N) is 1. The van der Waals surface area contributed by atoms with Gasteiger partial charge in [-0.05, 0) is 48.5 Å². The molecule has 0 spiro atoms. The molecule has 1 N–H and O–H groups in total. The van der Waals surface area contributed by atoms with E-state index in [2.05, 4.69) is 5.32 Å². The first-order valence-electron chi connectivity index (χ1n) is 6.42. The third kappa shape index (κ3) is 3.84. The molecule has 0 radical (unpaired) electrons. The van der Waals surface area contributed by atoms with Crippen molar-refractivity contribution in [1.29, 1.82) is 0 Å². The van der Waals surface area contributed by atoms with Crippen molar-refractivity contribution in [2.75, 3.05) is 16.7 Å². The van der Waals surface area contributed by atoms with Crippen LogP contribution in [-0.4, -0.2) is 21.8 Å². The molecule has 1 unspecified atom stereocenters. The molecule has 0 saturated heterocycles. The third-order valence-corrected chi connectivity index (χ3v) is 3.60. The largest absolute Gasteiger partial charge is 0.755 e. The lowest BCUT2D eigenvalue weighted by Crippen LogP contribution is -2.19. The molecule has 0 aliphatic heterocycles. The van der Waals surface area contributed by atoms with Crippen LogP contribution in [0.25, 0.3) is 0 Å². The van der Waals surface area contributed by atoms with Gasteiger partial charge in [-0.15, -0.1) is 0 Å². The summed E-state index contributed by atoms with van der Waals surface area (Å²) in [5.41, 5.74) is 1.55. The van der Waals surface area contributed by atoms with Crippen molar-refractivity contribution < 1.29 is 18.3 Å². The Hall–Kier alpha value is -2.38. The molecule has 6 nitrogen and oxygen atoms in total. The highest BCUT2D eigenvalue weighted by atomic mass is 32.2. The number of methoxy groups -OCH3 is 1. The van der Waals surface area contributed by atoms with Gasteiger partial charge in [-0.1, -0.05) is 0 Å². The number of rotatable bonds is 5. The SMILES string of the molecule is COc1ccc(N(c2ccc(NC(C)=O)cc2)S(=O)[O-])cc1. The molecule has 0 aromatic heterocycles. The van der Waals surface area contributed by atoms with Gasteiger partial charge in [0.15, 0.2) is 0 Å². The minimum atomic E-state index is -2.48. The molecule has 0 fully saturated rings. The smallest absolute Gasteiger partial charge is 0.221 e. The van der Waals surface area contributed by atoms with Crippen molar-refractivity contribution in [3.63, 3.8) is 0 Å². The van der Waals surface area contributed by atoms with Crippen LogP contribution in [0.1, 0.15) is 6.92 Å². The van der Waals surface area contributed by atoms with Crippen LogP contribution >= 0.6 is 0 Å². The van der Waals surface area contributed by atoms with E-state index in [1.165, 1.54) is 6.92 Å². The summed E-state index contributed by atoms with van der Waals surface area (Å²) in [6.45, 7) is 1.41. The standard InChI is InChI=1S/C15H16N2O4S/c1-11(18)16-12-3-5-13(6-4-12)17(22(19)20)14-7-9-15(21-2)10-8-14/h3-10H,1-2H3,(H,16,18)(H,19,20)/p-1. The molecule has 22 heavy (non-hydrogen) atoms. The first-order chi connectivity index (χ1) is 10.5. The number of benzene rings is 2. The van der Waals surface area contributed by atoms with Crippen LogP contribution in [-0.2, 0) is 16.1 Å². The molecule has 2 aromatic carbocycles. The van der Waals surface area contributed by atoms with Gasteiger partial charge < -0.3 is 14.6 Å². The summed E-state index contributed by atoms with van der Waals surface area (Å²) in [4.78, 5) is 11.0. The highest BCUT2D eigenvalue weighted by molar-refractivity contribution is 7.81. The van der Waals surface area contributed by atoms with Gasteiger partial charge in [0.25, 0.3) is 0 Å². The third-order valence-electron chi connectivity index (χ3n) is 2.88. The summed E-state index contributed by atoms with van der Waals surface area (Å²) in [6.07, 6.45) is 0. The molecule has 2 aromatic rings. The summed E-state index contributed by atoms with van der Waals surface area (Å²) < 4.78 is 29.3. The van der Waals surface area contributed by atoms with Crippen LogP contribution < -0.4 is 14.4 Å². The maximum Gasteiger partial charge on any atom is 0.221 e. The number of amides is 1. The Kier molecular flexibility index (Phi) is 5.13. The van der Waals surface area contributed by atoms with Crippen molar-refractivity contribution in [3.05, 3.63) is 48.5 Å². The zero-order chi connectivity index (χ0) is 16.1. The first kappa shape index (κ1) is 16.0. The molecular formula is C15H15N2O4S-. The molecule has 0 aliphatic carbocycles. The van der Waals surface area contributed by atoms with Crippen LogP contribution in [0.5, 0.6) is 5.75 Å². The van der Waals surface area contributed by atoms with E-state index in [9.17, 15) is 13.6 Å². The number of nitrogens with one attached hydrogen (secondary N) is 1. The van der Waals surface area contributed by atoms with Gasteiger partial charge in [-0.3, -0.25) is 13.3 Å². The van der Waals surface area contributed by atoms with Gasteiger partial charge in [-0.25, -0.2) is 0 Å². The second-order valence-corrected chi connectivity index (χ2v) is 5.24. The maximum atomic E-state index is 11.5. The number of ether oxygens (including phenoxy) is 1. The van der Waals surface area contributed by atoms with Crippen LogP contribution in [0.15, 0.2) is 48.5 Å². The fraction of sp³-hybridized carbons (Fsp3) is 0.133. The van der Waals surface area contributed by atoms with Crippen LogP contribution in [0, 0.1) is 0 Å². The van der Waals surface area contributed by atoms with Crippen LogP contribution in [0.4, 0.5) is 17.1 Å². The zero-order valence-electron chi connectivity index (χ0n) is 12.1. The second kappa shape index (κ2) is 7.06. The van der Waals surface area contributed by atoms with E-state index in [1.807, 2.05) is 0 Å². The molecule has 0 bridgehead atoms. The highest BCUT2D eigenvalue weighted by Crippen LogP contribution is 2.29. The predicted octanol–water partition coefficient (Wildman–Crippen LogP) is 2.59. The quantitative estimate of drug-likeness (QED) is 0.859. The van der Waals surface area contributed by atoms with Crippen molar-refractivity contribution >= 4 is 34.2 Å². The minimum Gasteiger partial charge on any atom is -0.755 e. The number of anilines is 3. The molecule has 0 heterocycles. The van der Waals surface area contributed by atoms with Gasteiger partial charge in [0.1, 0.15) is 5.75 Å². The van der Waals surface area contributed by atoms with Crippen molar-refractivity contribution in [1.82, 2.24) is 0 Å². The van der Waals surface area contributed by atoms with Gasteiger partial charge in [-0.2, -0.15) is 0 Å². The first-order valence-corrected chi connectivity index (χ1v) is 7.45. The Balaban J connectivity index is 2.30. The van der Waals surface area contributed by atoms with Gasteiger partial charge in [0.05, 0.1) is 29.8 Å². The van der Waals surface area contributed by atoms with E-state index in [1.54, 1.807) is 55.6 Å². The number of hydrogen-bond donors (Lipinski definition) is 1. The lowest BCUT2D eigenvalue weighted by atomic mass is 10.2. The summed E-state index contributed by atoms with van der Waals surface area (Å²) in [7, 11) is 1.54. The average Bonchev–Trinajstić information content (AvgIpc) is 2.49. The lowest BCUT2D eigenvalue weighted by Gasteiger charge is -2.26. The summed E-state index contributed by atoms with van der Waals surface area (Å²) in [5, 5.41) is 2.63. The maximum absolute atomic E-state index is 11.5. The predicted molar refractivity (Wildman–Crippen MR) is 84.8 cm³/mol. The van der Waals surface area contributed by atoms with Crippen molar-refractivity contribution in [3.8, 4) is 5.75 Å². The van der Waals surface area contributed by atoms with E-state index >= 15 is 0 Å². The normalized spacial score (nSPS) is 11.6. The van der Waals surface area contributed by atoms with Gasteiger partial charge in [0, 0.05) is 12.6 Å². The monoisotopic (exact) mass is 319 g/mol. The summed E-state index contributed by atoms with van der Waals surface area (Å²) in [5.74, 6) is 0.452. The van der Waals surface area contributed by atoms with Gasteiger partial charge >= 0.3 is 0 Å². The number of carbonyl (C=O) groups is 1. The molecule has 7 heteroatoms. The van der Waals surface area contributed by atoms with E-state index in [0.717, 1.165) is 4.31 Å². The molecule has 0 saturated carbocycles. The number of hydrogen-bond acceptors (Lipinski definition) is 4. The van der Waals surface area contributed by atoms with E-state index < -0.39 is 11.3 Å². The topological polar surface area (TPSA) is 81.7 Å². The Morgan fingerprint density at radius 1 is 1.09 bits per heavy atom. The Morgan fingerprint density at radius 3 is 2.00 bits per heavy atom. The number of carbonyl (C=O) groups excluding carboxylic acids is 1. The van der Waals surface area contributed by atoms with Gasteiger partial charge in [0.2, 0.25) is 5.91 Å². The molecule has 1 amide bonds. The summed E-state index contributed by atoms with van der Waals surface area (Å²) >= 11 is -2.48. The highest BCUT2D eigenvalue weighted by Gasteiger charge is 2.10. The Bertz CT molecular complexity index is 671. The molecule has 2 rings (SSSR count). The molecular weight excluding hydrogens is 304 g/mol.